The third kappa shape index (κ3) is 31.4. The maximum atomic E-state index is 9.63. The average molecular weight is 278 g/mol. The van der Waals surface area contributed by atoms with Crippen molar-refractivity contribution < 1.29 is 33.0 Å². The van der Waals surface area contributed by atoms with E-state index in [0.717, 1.165) is 0 Å². The quantitative estimate of drug-likeness (QED) is 0.243. The van der Waals surface area contributed by atoms with Gasteiger partial charge in [0.15, 0.2) is 0 Å². The van der Waals surface area contributed by atoms with Gasteiger partial charge in [0, 0.05) is 0 Å². The van der Waals surface area contributed by atoms with Crippen LogP contribution >= 0.6 is 15.6 Å². The summed E-state index contributed by atoms with van der Waals surface area (Å²) < 4.78 is 22.2. The summed E-state index contributed by atoms with van der Waals surface area (Å²) in [5.74, 6) is 0. The van der Waals surface area contributed by atoms with Crippen LogP contribution in [0.15, 0.2) is 0 Å². The summed E-state index contributed by atoms with van der Waals surface area (Å²) >= 11 is 0. The van der Waals surface area contributed by atoms with E-state index in [0.29, 0.717) is 0 Å². The molecule has 78 valence electrons. The number of phosphoric acid groups is 2. The predicted molar refractivity (Wildman–Crippen MR) is 50.9 cm³/mol. The van der Waals surface area contributed by atoms with Crippen LogP contribution in [0.2, 0.25) is 0 Å². The molecule has 13 heteroatoms. The summed E-state index contributed by atoms with van der Waals surface area (Å²) in [6, 6.07) is 0. The molecule has 0 aromatic rings. The van der Waals surface area contributed by atoms with E-state index >= 15 is 0 Å². The van der Waals surface area contributed by atoms with Crippen LogP contribution in [-0.4, -0.2) is 86.9 Å². The zero-order valence-electron chi connectivity index (χ0n) is 5.32. The Morgan fingerprint density at radius 2 is 1.00 bits per heavy atom. The third-order valence-electron chi connectivity index (χ3n) is 0.213. The topological polar surface area (TPSA) is 194 Å². The molecule has 0 aromatic heterocycles. The number of hydrogen-bond acceptors (Lipinski definition) is 5. The molecule has 0 atom stereocenters. The van der Waals surface area contributed by atoms with Crippen LogP contribution in [0.3, 0.4) is 0 Å². The van der Waals surface area contributed by atoms with Crippen molar-refractivity contribution in [2.45, 2.75) is 0 Å². The van der Waals surface area contributed by atoms with E-state index in [1.807, 2.05) is 0 Å². The van der Waals surface area contributed by atoms with Crippen LogP contribution in [-0.2, 0) is 13.4 Å². The molecule has 0 aliphatic carbocycles. The molecule has 9 nitrogen and oxygen atoms in total. The van der Waals surface area contributed by atoms with Crippen molar-refractivity contribution in [3.63, 3.8) is 0 Å². The Bertz CT molecular complexity index is 165. The van der Waals surface area contributed by atoms with E-state index in [4.69, 9.17) is 19.6 Å². The molecule has 0 saturated carbocycles. The van der Waals surface area contributed by atoms with Crippen molar-refractivity contribution in [1.29, 1.82) is 0 Å². The third-order valence-corrected chi connectivity index (χ3v) is 1.91. The van der Waals surface area contributed by atoms with Gasteiger partial charge in [-0.25, -0.2) is 9.13 Å². The molecule has 0 bridgehead atoms. The molecule has 10 N–H and O–H groups in total. The van der Waals surface area contributed by atoms with E-state index < -0.39 is 15.6 Å². The minimum absolute atomic E-state index is 0. The van der Waals surface area contributed by atoms with Crippen LogP contribution in [0.4, 0.5) is 0 Å². The van der Waals surface area contributed by atoms with E-state index in [9.17, 15) is 9.13 Å². The molecule has 0 rings (SSSR count). The summed E-state index contributed by atoms with van der Waals surface area (Å²) in [6.07, 6.45) is 0. The molecule has 0 aromatic carbocycles. The monoisotopic (exact) mass is 278 g/mol. The maximum absolute atomic E-state index is 9.63. The van der Waals surface area contributed by atoms with Crippen molar-refractivity contribution >= 4 is 82.9 Å². The fourth-order valence-electron chi connectivity index (χ4n) is 0.139. The van der Waals surface area contributed by atoms with E-state index in [2.05, 4.69) is 4.31 Å². The summed E-state index contributed by atoms with van der Waals surface area (Å²) in [5.41, 5.74) is 0. The van der Waals surface area contributed by atoms with Crippen LogP contribution in [0.1, 0.15) is 0 Å². The Labute approximate surface area is 127 Å². The van der Waals surface area contributed by atoms with Gasteiger partial charge in [-0.1, -0.05) is 0 Å². The number of rotatable bonds is 2. The Morgan fingerprint density at radius 3 is 1.00 bits per heavy atom. The predicted octanol–water partition coefficient (Wildman–Crippen LogP) is -2.05. The van der Waals surface area contributed by atoms with Gasteiger partial charge < -0.3 is 31.9 Å². The zero-order chi connectivity index (χ0) is 7.71. The van der Waals surface area contributed by atoms with Crippen molar-refractivity contribution in [2.24, 2.45) is 0 Å². The van der Waals surface area contributed by atoms with Crippen LogP contribution in [0, 0.1) is 0 Å². The average Bonchev–Trinajstić information content (AvgIpc) is 1.14. The van der Waals surface area contributed by atoms with Gasteiger partial charge in [-0.2, -0.15) is 4.31 Å². The van der Waals surface area contributed by atoms with Crippen LogP contribution in [0.25, 0.3) is 0 Å². The van der Waals surface area contributed by atoms with Crippen LogP contribution < -0.4 is 12.3 Å². The molecule has 0 heterocycles. The molecular weight excluding hydrogens is 265 g/mol. The Balaban J connectivity index is -0.0000000533. The van der Waals surface area contributed by atoms with Crippen molar-refractivity contribution in [3.05, 3.63) is 0 Å². The molecule has 0 amide bonds. The second-order valence-electron chi connectivity index (χ2n) is 1.06. The van der Waals surface area contributed by atoms with Crippen molar-refractivity contribution in [2.75, 3.05) is 0 Å². The molecule has 0 saturated heterocycles. The molecule has 0 fully saturated rings. The molecule has 0 unspecified atom stereocenters. The first-order valence-electron chi connectivity index (χ1n) is 1.53. The summed E-state index contributed by atoms with van der Waals surface area (Å²) in [6.45, 7) is 0. The van der Waals surface area contributed by atoms with E-state index in [1.165, 1.54) is 0 Å². The van der Waals surface area contributed by atoms with E-state index in [-0.39, 0.29) is 79.6 Å². The standard InChI is InChI=1S/Ca.2H3N.Na.H4O7P2.3H/c;;;;1-8(2,3)7-9(4,5)6;;;/h;2*1H3;;(H2,1,2,3)(H2,4,5,6);;;. The van der Waals surface area contributed by atoms with Gasteiger partial charge in [-0.15, -0.1) is 0 Å². The molecule has 0 aliphatic rings. The normalized spacial score (nSPS) is 9.54. The zero-order valence-corrected chi connectivity index (χ0v) is 7.11. The Morgan fingerprint density at radius 1 is 0.846 bits per heavy atom. The van der Waals surface area contributed by atoms with Gasteiger partial charge in [0.2, 0.25) is 0 Å². The van der Waals surface area contributed by atoms with Gasteiger partial charge >= 0.3 is 82.9 Å². The molecular formula is H13CaN2NaO7P2. The number of hydrogen-bond donors (Lipinski definition) is 6. The van der Waals surface area contributed by atoms with Gasteiger partial charge in [-0.05, 0) is 0 Å². The fourth-order valence-corrected chi connectivity index (χ4v) is 1.25. The Hall–Kier alpha value is 2.44. The van der Waals surface area contributed by atoms with Gasteiger partial charge in [0.05, 0.1) is 0 Å². The summed E-state index contributed by atoms with van der Waals surface area (Å²) in [5, 5.41) is 0. The SMILES string of the molecule is N.N.O=P(O)(O)OP(=O)(O)O.[CaH2].[NaH]. The summed E-state index contributed by atoms with van der Waals surface area (Å²) in [7, 11) is -10.1. The van der Waals surface area contributed by atoms with Crippen LogP contribution in [0.5, 0.6) is 0 Å². The molecule has 0 aliphatic heterocycles. The molecule has 0 radical (unpaired) electrons. The second-order valence-corrected chi connectivity index (χ2v) is 3.68. The first-order valence-corrected chi connectivity index (χ1v) is 4.59. The van der Waals surface area contributed by atoms with Gasteiger partial charge in [-0.3, -0.25) is 0 Å². The Kier molecular flexibility index (Phi) is 24.9. The van der Waals surface area contributed by atoms with E-state index in [1.54, 1.807) is 0 Å². The first-order chi connectivity index (χ1) is 3.71. The summed E-state index contributed by atoms with van der Waals surface area (Å²) in [4.78, 5) is 31.0. The second kappa shape index (κ2) is 10.9. The minimum atomic E-state index is -5.05. The molecule has 0 spiro atoms. The van der Waals surface area contributed by atoms with Gasteiger partial charge in [0.1, 0.15) is 0 Å². The van der Waals surface area contributed by atoms with Crippen molar-refractivity contribution in [1.82, 2.24) is 12.3 Å². The first kappa shape index (κ1) is 29.5. The molecule has 13 heavy (non-hydrogen) atoms. The van der Waals surface area contributed by atoms with Crippen molar-refractivity contribution in [3.8, 4) is 0 Å². The van der Waals surface area contributed by atoms with Gasteiger partial charge in [0.25, 0.3) is 0 Å². The fraction of sp³-hybridized carbons (Fsp3) is 0.